The smallest absolute Gasteiger partial charge is 0.232 e. The SMILES string of the molecule is CSc1nc(SCC(=O)N2CCCCC2)c2sc3nc(-c4ccccc4)c4c(c3c2n1)CCC4. The molecule has 1 aromatic carbocycles. The van der Waals surface area contributed by atoms with Crippen LogP contribution in [0, 0.1) is 0 Å². The van der Waals surface area contributed by atoms with Crippen molar-refractivity contribution in [2.24, 2.45) is 0 Å². The lowest BCUT2D eigenvalue weighted by Crippen LogP contribution is -2.36. The summed E-state index contributed by atoms with van der Waals surface area (Å²) in [6, 6.07) is 10.5. The number of benzene rings is 1. The molecule has 4 heterocycles. The van der Waals surface area contributed by atoms with Gasteiger partial charge in [0.1, 0.15) is 9.86 Å². The summed E-state index contributed by atoms with van der Waals surface area (Å²) in [5, 5.41) is 2.88. The molecule has 0 N–H and O–H groups in total. The predicted octanol–water partition coefficient (Wildman–Crippen LogP) is 6.22. The molecule has 4 aromatic rings. The highest BCUT2D eigenvalue weighted by Gasteiger charge is 2.26. The Morgan fingerprint density at radius 1 is 1.00 bits per heavy atom. The zero-order chi connectivity index (χ0) is 23.1. The van der Waals surface area contributed by atoms with Crippen molar-refractivity contribution in [3.8, 4) is 11.3 Å². The minimum Gasteiger partial charge on any atom is -0.342 e. The van der Waals surface area contributed by atoms with Crippen molar-refractivity contribution >= 4 is 61.2 Å². The molecule has 6 rings (SSSR count). The lowest BCUT2D eigenvalue weighted by atomic mass is 10.0. The van der Waals surface area contributed by atoms with Crippen LogP contribution in [-0.4, -0.2) is 50.9 Å². The number of aromatic nitrogens is 3. The van der Waals surface area contributed by atoms with E-state index < -0.39 is 0 Å². The molecule has 2 aliphatic rings. The Kier molecular flexibility index (Phi) is 6.22. The van der Waals surface area contributed by atoms with Gasteiger partial charge in [-0.05, 0) is 55.9 Å². The van der Waals surface area contributed by atoms with E-state index in [-0.39, 0.29) is 5.91 Å². The number of rotatable bonds is 5. The van der Waals surface area contributed by atoms with Gasteiger partial charge in [0.05, 0.1) is 21.7 Å². The third kappa shape index (κ3) is 3.99. The number of likely N-dealkylation sites (tertiary alicyclic amines) is 1. The van der Waals surface area contributed by atoms with Gasteiger partial charge in [-0.3, -0.25) is 4.79 Å². The number of piperidine rings is 1. The number of hydrogen-bond acceptors (Lipinski definition) is 7. The maximum Gasteiger partial charge on any atom is 0.232 e. The first-order valence-corrected chi connectivity index (χ1v) is 14.9. The van der Waals surface area contributed by atoms with Crippen LogP contribution in [0.1, 0.15) is 36.8 Å². The van der Waals surface area contributed by atoms with Crippen LogP contribution in [0.25, 0.3) is 31.7 Å². The zero-order valence-corrected chi connectivity index (χ0v) is 21.6. The number of fused-ring (bicyclic) bond motifs is 5. The van der Waals surface area contributed by atoms with Crippen LogP contribution < -0.4 is 0 Å². The number of nitrogens with zero attached hydrogens (tertiary/aromatic N) is 4. The second kappa shape index (κ2) is 9.47. The third-order valence-corrected chi connectivity index (χ3v) is 9.47. The minimum atomic E-state index is 0.216. The molecular weight excluding hydrogens is 481 g/mol. The van der Waals surface area contributed by atoms with Crippen molar-refractivity contribution in [1.82, 2.24) is 19.9 Å². The van der Waals surface area contributed by atoms with Crippen LogP contribution >= 0.6 is 34.9 Å². The van der Waals surface area contributed by atoms with E-state index in [1.54, 1.807) is 34.9 Å². The summed E-state index contributed by atoms with van der Waals surface area (Å²) in [5.74, 6) is 0.642. The van der Waals surface area contributed by atoms with Crippen molar-refractivity contribution in [2.75, 3.05) is 25.1 Å². The number of amides is 1. The van der Waals surface area contributed by atoms with Crippen molar-refractivity contribution in [3.05, 3.63) is 41.5 Å². The molecule has 1 saturated heterocycles. The van der Waals surface area contributed by atoms with E-state index in [4.69, 9.17) is 15.0 Å². The van der Waals surface area contributed by atoms with Gasteiger partial charge in [-0.2, -0.15) is 0 Å². The van der Waals surface area contributed by atoms with E-state index in [0.717, 1.165) is 76.1 Å². The second-order valence-corrected chi connectivity index (χ2v) is 11.6. The zero-order valence-electron chi connectivity index (χ0n) is 19.2. The molecule has 3 aromatic heterocycles. The van der Waals surface area contributed by atoms with Gasteiger partial charge < -0.3 is 4.90 Å². The standard InChI is InChI=1S/C26H26N4OS3/c1-32-26-28-22-20-17-11-8-12-18(17)21(16-9-4-2-5-10-16)27-24(20)34-23(22)25(29-26)33-15-19(31)30-13-6-3-7-14-30/h2,4-5,9-10H,3,6-8,11-15H2,1H3. The van der Waals surface area contributed by atoms with Crippen LogP contribution in [0.15, 0.2) is 40.5 Å². The fourth-order valence-electron chi connectivity index (χ4n) is 5.11. The highest BCUT2D eigenvalue weighted by atomic mass is 32.2. The molecule has 0 unspecified atom stereocenters. The predicted molar refractivity (Wildman–Crippen MR) is 143 cm³/mol. The molecule has 1 aliphatic heterocycles. The van der Waals surface area contributed by atoms with Crippen LogP contribution in [0.2, 0.25) is 0 Å². The van der Waals surface area contributed by atoms with Gasteiger partial charge in [0, 0.05) is 24.0 Å². The number of pyridine rings is 1. The topological polar surface area (TPSA) is 59.0 Å². The second-order valence-electron chi connectivity index (χ2n) is 8.84. The number of carbonyl (C=O) groups excluding carboxylic acids is 1. The molecule has 0 saturated carbocycles. The number of carbonyl (C=O) groups is 1. The maximum absolute atomic E-state index is 12.8. The summed E-state index contributed by atoms with van der Waals surface area (Å²) >= 11 is 4.79. The Hall–Kier alpha value is -2.16. The monoisotopic (exact) mass is 506 g/mol. The summed E-state index contributed by atoms with van der Waals surface area (Å²) < 4.78 is 1.07. The maximum atomic E-state index is 12.8. The molecular formula is C26H26N4OS3. The molecule has 8 heteroatoms. The van der Waals surface area contributed by atoms with E-state index >= 15 is 0 Å². The van der Waals surface area contributed by atoms with E-state index in [2.05, 4.69) is 30.3 Å². The van der Waals surface area contributed by atoms with Crippen LogP contribution in [0.5, 0.6) is 0 Å². The first kappa shape index (κ1) is 22.3. The summed E-state index contributed by atoms with van der Waals surface area (Å²) in [7, 11) is 0. The van der Waals surface area contributed by atoms with E-state index in [0.29, 0.717) is 5.75 Å². The van der Waals surface area contributed by atoms with Gasteiger partial charge in [-0.1, -0.05) is 53.9 Å². The van der Waals surface area contributed by atoms with Gasteiger partial charge >= 0.3 is 0 Å². The molecule has 1 aliphatic carbocycles. The molecule has 0 spiro atoms. The van der Waals surface area contributed by atoms with E-state index in [1.807, 2.05) is 11.2 Å². The van der Waals surface area contributed by atoms with Gasteiger partial charge in [0.15, 0.2) is 5.16 Å². The molecule has 5 nitrogen and oxygen atoms in total. The van der Waals surface area contributed by atoms with Crippen molar-refractivity contribution in [3.63, 3.8) is 0 Å². The van der Waals surface area contributed by atoms with Gasteiger partial charge in [0.25, 0.3) is 0 Å². The quantitative estimate of drug-likeness (QED) is 0.182. The first-order chi connectivity index (χ1) is 16.7. The Morgan fingerprint density at radius 3 is 2.59 bits per heavy atom. The summed E-state index contributed by atoms with van der Waals surface area (Å²) in [6.45, 7) is 1.77. The van der Waals surface area contributed by atoms with Crippen molar-refractivity contribution in [1.29, 1.82) is 0 Å². The summed E-state index contributed by atoms with van der Waals surface area (Å²) in [6.07, 6.45) is 8.74. The first-order valence-electron chi connectivity index (χ1n) is 11.9. The van der Waals surface area contributed by atoms with Crippen molar-refractivity contribution < 1.29 is 4.79 Å². The largest absolute Gasteiger partial charge is 0.342 e. The lowest BCUT2D eigenvalue weighted by molar-refractivity contribution is -0.129. The van der Waals surface area contributed by atoms with Gasteiger partial charge in [-0.25, -0.2) is 15.0 Å². The summed E-state index contributed by atoms with van der Waals surface area (Å²) in [5.41, 5.74) is 6.08. The Morgan fingerprint density at radius 2 is 1.79 bits per heavy atom. The van der Waals surface area contributed by atoms with Crippen molar-refractivity contribution in [2.45, 2.75) is 48.7 Å². The van der Waals surface area contributed by atoms with E-state index in [9.17, 15) is 4.79 Å². The normalized spacial score (nSPS) is 15.9. The highest BCUT2D eigenvalue weighted by molar-refractivity contribution is 8.00. The van der Waals surface area contributed by atoms with Crippen LogP contribution in [-0.2, 0) is 17.6 Å². The average molecular weight is 507 g/mol. The van der Waals surface area contributed by atoms with E-state index in [1.165, 1.54) is 28.5 Å². The Balaban J connectivity index is 1.45. The molecule has 0 atom stereocenters. The number of thiophene rings is 1. The molecule has 0 bridgehead atoms. The Labute approximate surface area is 211 Å². The van der Waals surface area contributed by atoms with Crippen LogP contribution in [0.4, 0.5) is 0 Å². The number of hydrogen-bond donors (Lipinski definition) is 0. The fourth-order valence-corrected chi connectivity index (χ4v) is 7.69. The molecule has 1 amide bonds. The fraction of sp³-hybridized carbons (Fsp3) is 0.385. The van der Waals surface area contributed by atoms with Gasteiger partial charge in [0.2, 0.25) is 5.91 Å². The Bertz CT molecular complexity index is 1380. The lowest BCUT2D eigenvalue weighted by Gasteiger charge is -2.26. The molecule has 1 fully saturated rings. The number of aryl methyl sites for hydroxylation is 1. The number of thioether (sulfide) groups is 2. The molecule has 34 heavy (non-hydrogen) atoms. The van der Waals surface area contributed by atoms with Gasteiger partial charge in [-0.15, -0.1) is 11.3 Å². The van der Waals surface area contributed by atoms with Crippen LogP contribution in [0.3, 0.4) is 0 Å². The molecule has 0 radical (unpaired) electrons. The summed E-state index contributed by atoms with van der Waals surface area (Å²) in [4.78, 5) is 30.8. The average Bonchev–Trinajstić information content (AvgIpc) is 3.52. The third-order valence-electron chi connectivity index (χ3n) is 6.75. The molecule has 174 valence electrons. The minimum absolute atomic E-state index is 0.216. The highest BCUT2D eigenvalue weighted by Crippen LogP contribution is 2.44.